The van der Waals surface area contributed by atoms with Gasteiger partial charge in [0.2, 0.25) is 11.6 Å². The predicted molar refractivity (Wildman–Crippen MR) is 263 cm³/mol. The monoisotopic (exact) mass is 941 g/mol. The Kier molecular flexibility index (Phi) is 15.3. The third-order valence-electron chi connectivity index (χ3n) is 12.0. The number of aromatic nitrogens is 6. The average molecular weight is 942 g/mol. The molecule has 0 fully saturated rings. The molecule has 8 rings (SSSR count). The summed E-state index contributed by atoms with van der Waals surface area (Å²) in [6.45, 7) is 6.14. The fraction of sp³-hybridized carbons (Fsp3) is 0.321. The zero-order chi connectivity index (χ0) is 49.1. The summed E-state index contributed by atoms with van der Waals surface area (Å²) in [6.07, 6.45) is 4.80. The minimum atomic E-state index is -0.967. The van der Waals surface area contributed by atoms with Crippen molar-refractivity contribution >= 4 is 35.0 Å². The van der Waals surface area contributed by atoms with Gasteiger partial charge in [-0.25, -0.2) is 19.3 Å². The number of ether oxygens (including phenoxy) is 2. The highest BCUT2D eigenvalue weighted by Crippen LogP contribution is 2.35. The average Bonchev–Trinajstić information content (AvgIpc) is 4.02. The number of nitrogens with one attached hydrogen (secondary N) is 2. The molecule has 4 amide bonds. The summed E-state index contributed by atoms with van der Waals surface area (Å²) in [5, 5.41) is 14.2. The Hall–Kier alpha value is -8.28. The number of rotatable bonds is 14. The second kappa shape index (κ2) is 22.2. The van der Waals surface area contributed by atoms with Crippen LogP contribution >= 0.6 is 0 Å². The molecule has 2 aliphatic heterocycles. The van der Waals surface area contributed by atoms with Crippen LogP contribution in [-0.4, -0.2) is 117 Å². The van der Waals surface area contributed by atoms with Crippen LogP contribution in [0.25, 0.3) is 0 Å². The van der Waals surface area contributed by atoms with Crippen molar-refractivity contribution in [3.63, 3.8) is 0 Å². The fourth-order valence-corrected chi connectivity index (χ4v) is 8.08. The summed E-state index contributed by atoms with van der Waals surface area (Å²) in [6, 6.07) is 28.5. The normalized spacial score (nSPS) is 17.3. The molecule has 2 aromatic heterocycles. The minimum Gasteiger partial charge on any atom is -0.486 e. The molecule has 4 heterocycles. The van der Waals surface area contributed by atoms with E-state index in [2.05, 4.69) is 66.4 Å². The fourth-order valence-electron chi connectivity index (χ4n) is 8.08. The van der Waals surface area contributed by atoms with Crippen molar-refractivity contribution in [2.24, 2.45) is 0 Å². The lowest BCUT2D eigenvalue weighted by atomic mass is 10.1. The molecule has 0 saturated carbocycles. The lowest BCUT2D eigenvalue weighted by Gasteiger charge is -2.23. The number of carbonyl (C=O) groups excluding carboxylic acids is 4. The molecule has 4 atom stereocenters. The number of unbranched alkanes of at least 4 members (excludes halogenated alkanes) is 2. The number of nitrogens with zero attached hydrogens (tertiary/aromatic N) is 9. The lowest BCUT2D eigenvalue weighted by Crippen LogP contribution is -2.53. The molecule has 2 aliphatic rings. The van der Waals surface area contributed by atoms with Crippen molar-refractivity contribution in [2.45, 2.75) is 76.9 Å². The quantitative estimate of drug-likeness (QED) is 0.112. The molecule has 2 N–H and O–H groups in total. The molecule has 0 spiro atoms. The highest BCUT2D eigenvalue weighted by molar-refractivity contribution is 6.04. The Balaban J connectivity index is 0.763. The van der Waals surface area contributed by atoms with Crippen molar-refractivity contribution in [1.29, 1.82) is 0 Å². The smallest absolute Gasteiger partial charge is 0.291 e. The number of anilines is 2. The molecule has 0 radical (unpaired) electrons. The van der Waals surface area contributed by atoms with Crippen LogP contribution < -0.4 is 29.9 Å². The van der Waals surface area contributed by atoms with Crippen molar-refractivity contribution in [3.05, 3.63) is 144 Å². The van der Waals surface area contributed by atoms with Gasteiger partial charge in [0.1, 0.15) is 48.4 Å². The van der Waals surface area contributed by atoms with Crippen LogP contribution in [-0.2, 0) is 22.7 Å². The maximum absolute atomic E-state index is 13.7. The second-order valence-corrected chi connectivity index (χ2v) is 17.3. The highest BCUT2D eigenvalue weighted by Gasteiger charge is 2.38. The van der Waals surface area contributed by atoms with Gasteiger partial charge in [0.15, 0.2) is 0 Å². The van der Waals surface area contributed by atoms with Crippen LogP contribution in [0, 0.1) is 23.7 Å². The van der Waals surface area contributed by atoms with Crippen LogP contribution in [0.15, 0.2) is 110 Å². The molecule has 0 aliphatic carbocycles. The van der Waals surface area contributed by atoms with Crippen molar-refractivity contribution in [3.8, 4) is 35.2 Å². The summed E-state index contributed by atoms with van der Waals surface area (Å²) in [5.74, 6) is 12.2. The number of likely N-dealkylation sites (N-methyl/N-ethyl adjacent to an activating group) is 2. The van der Waals surface area contributed by atoms with Gasteiger partial charge in [0.05, 0.1) is 24.5 Å². The zero-order valence-electron chi connectivity index (χ0n) is 39.8. The van der Waals surface area contributed by atoms with E-state index in [1.165, 1.54) is 22.5 Å². The maximum atomic E-state index is 13.7. The maximum Gasteiger partial charge on any atom is 0.291 e. The first-order chi connectivity index (χ1) is 33.9. The van der Waals surface area contributed by atoms with E-state index < -0.39 is 36.1 Å². The van der Waals surface area contributed by atoms with E-state index in [9.17, 15) is 19.2 Å². The van der Waals surface area contributed by atoms with E-state index in [1.54, 1.807) is 49.4 Å². The predicted octanol–water partition coefficient (Wildman–Crippen LogP) is 4.95. The summed E-state index contributed by atoms with van der Waals surface area (Å²) in [5.41, 5.74) is 4.66. The van der Waals surface area contributed by atoms with Gasteiger partial charge in [-0.1, -0.05) is 84.3 Å². The Bertz CT molecular complexity index is 2770. The summed E-state index contributed by atoms with van der Waals surface area (Å²) in [7, 11) is 5.39. The topological polar surface area (TPSA) is 182 Å². The van der Waals surface area contributed by atoms with Crippen LogP contribution in [0.1, 0.15) is 83.0 Å². The number of amides is 4. The summed E-state index contributed by atoms with van der Waals surface area (Å²) < 4.78 is 15.5. The third-order valence-corrected chi connectivity index (χ3v) is 12.0. The zero-order valence-corrected chi connectivity index (χ0v) is 39.8. The highest BCUT2D eigenvalue weighted by atomic mass is 16.5. The van der Waals surface area contributed by atoms with Crippen molar-refractivity contribution < 1.29 is 28.7 Å². The van der Waals surface area contributed by atoms with E-state index in [0.29, 0.717) is 48.8 Å². The van der Waals surface area contributed by atoms with Crippen molar-refractivity contribution in [1.82, 2.24) is 45.1 Å². The molecular formula is C53H55N11O6. The van der Waals surface area contributed by atoms with Crippen molar-refractivity contribution in [2.75, 3.05) is 44.0 Å². The molecular weight excluding hydrogens is 887 g/mol. The Morgan fingerprint density at radius 2 is 1.04 bits per heavy atom. The van der Waals surface area contributed by atoms with Gasteiger partial charge >= 0.3 is 0 Å². The van der Waals surface area contributed by atoms with E-state index in [4.69, 9.17) is 9.47 Å². The van der Waals surface area contributed by atoms with E-state index in [0.717, 1.165) is 48.2 Å². The number of hydrogen-bond acceptors (Lipinski definition) is 11. The molecule has 70 heavy (non-hydrogen) atoms. The number of carbonyl (C=O) groups is 4. The number of hydrogen-bond donors (Lipinski definition) is 2. The molecule has 6 aromatic rings. The van der Waals surface area contributed by atoms with Gasteiger partial charge in [0.25, 0.3) is 23.6 Å². The minimum absolute atomic E-state index is 0.0344. The van der Waals surface area contributed by atoms with Gasteiger partial charge < -0.3 is 34.8 Å². The van der Waals surface area contributed by atoms with Crippen LogP contribution in [0.2, 0.25) is 0 Å². The molecule has 17 nitrogen and oxygen atoms in total. The largest absolute Gasteiger partial charge is 0.486 e. The van der Waals surface area contributed by atoms with E-state index >= 15 is 0 Å². The molecule has 17 heteroatoms. The first-order valence-electron chi connectivity index (χ1n) is 23.2. The van der Waals surface area contributed by atoms with E-state index in [-0.39, 0.29) is 23.5 Å². The summed E-state index contributed by atoms with van der Waals surface area (Å²) >= 11 is 0. The lowest BCUT2D eigenvalue weighted by molar-refractivity contribution is -0.122. The number of fused-ring (bicyclic) bond motifs is 2. The SMILES string of the molecule is C[C@H]1Oc2ccc(C#CCCCN(C)CCCC#Cc3ccc4c(c3)N(C)C(=O)[C@@H](NC(=O)c3ncn(Cc5ccccc5)n3)[C@@H](C)O4)cc2N(C)C(=O)[C@H]1NC(=O)c1ncn(Cc2ccccc2)n1. The molecule has 0 saturated heterocycles. The third kappa shape index (κ3) is 11.9. The Morgan fingerprint density at radius 1 is 0.629 bits per heavy atom. The number of benzene rings is 4. The Morgan fingerprint density at radius 3 is 1.46 bits per heavy atom. The van der Waals surface area contributed by atoms with Gasteiger partial charge in [-0.05, 0) is 94.4 Å². The first-order valence-corrected chi connectivity index (χ1v) is 23.2. The van der Waals surface area contributed by atoms with Gasteiger partial charge in [0, 0.05) is 38.1 Å². The molecule has 0 bridgehead atoms. The summed E-state index contributed by atoms with van der Waals surface area (Å²) in [4.78, 5) is 67.3. The molecule has 0 unspecified atom stereocenters. The second-order valence-electron chi connectivity index (χ2n) is 17.3. The van der Waals surface area contributed by atoms with E-state index in [1.807, 2.05) is 84.9 Å². The van der Waals surface area contributed by atoms with Gasteiger partial charge in [-0.3, -0.25) is 19.2 Å². The van der Waals surface area contributed by atoms with Crippen LogP contribution in [0.4, 0.5) is 11.4 Å². The first kappa shape index (κ1) is 48.2. The van der Waals surface area contributed by atoms with Gasteiger partial charge in [-0.15, -0.1) is 10.2 Å². The standard InChI is InChI=1S/C53H55N11O6/c1-36-46(56-50(65)48-54-34-63(58-48)32-40-20-10-6-11-21-40)52(67)61(4)42-30-38(24-26-44(42)69-36)18-14-8-16-28-60(3)29-17-9-15-19-39-25-27-45-43(31-39)62(5)53(68)47(37(2)70-45)57-51(66)49-55-35-64(59-49)33-41-22-12-7-13-23-41/h6-7,10-13,20-27,30-31,34-37,46-47H,8-9,16-17,28-29,32-33H2,1-5H3,(H,56,65)(H,57,66)/t36-,37-,46+,47+/m1/s1. The van der Waals surface area contributed by atoms with Crippen LogP contribution in [0.5, 0.6) is 11.5 Å². The van der Waals surface area contributed by atoms with Crippen LogP contribution in [0.3, 0.4) is 0 Å². The Labute approximate surface area is 407 Å². The molecule has 358 valence electrons. The van der Waals surface area contributed by atoms with Gasteiger partial charge in [-0.2, -0.15) is 0 Å². The molecule has 4 aromatic carbocycles.